The van der Waals surface area contributed by atoms with Gasteiger partial charge in [-0.25, -0.2) is 4.39 Å². The highest BCUT2D eigenvalue weighted by molar-refractivity contribution is 5.41. The van der Waals surface area contributed by atoms with Gasteiger partial charge in [0.15, 0.2) is 0 Å². The van der Waals surface area contributed by atoms with E-state index in [4.69, 9.17) is 12.2 Å². The molecule has 0 aromatic heterocycles. The normalized spacial score (nSPS) is 29.5. The standard InChI is InChI=1S/C27H32FN/c1-3-20-8-7-19(13-18(20)2)14-24-15-23(21-9-11-25(28)12-10-21)17-27(24)22-5-4-6-26(29)16-22/h1,7-13,22-24,26-27H,4-6,14-17,29H2,2H3. The molecule has 2 saturated carbocycles. The Morgan fingerprint density at radius 2 is 1.86 bits per heavy atom. The van der Waals surface area contributed by atoms with Crippen LogP contribution in [0.5, 0.6) is 0 Å². The zero-order chi connectivity index (χ0) is 20.4. The summed E-state index contributed by atoms with van der Waals surface area (Å²) in [5.74, 6) is 5.21. The average molecular weight is 390 g/mol. The smallest absolute Gasteiger partial charge is 0.123 e. The van der Waals surface area contributed by atoms with E-state index in [-0.39, 0.29) is 5.82 Å². The van der Waals surface area contributed by atoms with Crippen LogP contribution >= 0.6 is 0 Å². The first-order valence-corrected chi connectivity index (χ1v) is 11.1. The Kier molecular flexibility index (Phi) is 6.07. The summed E-state index contributed by atoms with van der Waals surface area (Å²) < 4.78 is 13.4. The van der Waals surface area contributed by atoms with Crippen molar-refractivity contribution >= 4 is 0 Å². The maximum Gasteiger partial charge on any atom is 0.123 e. The van der Waals surface area contributed by atoms with E-state index in [9.17, 15) is 4.39 Å². The molecule has 0 amide bonds. The van der Waals surface area contributed by atoms with Crippen LogP contribution < -0.4 is 5.73 Å². The number of aryl methyl sites for hydroxylation is 1. The van der Waals surface area contributed by atoms with Crippen molar-refractivity contribution in [3.05, 3.63) is 70.5 Å². The van der Waals surface area contributed by atoms with E-state index in [1.54, 1.807) is 12.1 Å². The van der Waals surface area contributed by atoms with E-state index in [0.29, 0.717) is 23.8 Å². The second kappa shape index (κ2) is 8.72. The first kappa shape index (κ1) is 20.2. The van der Waals surface area contributed by atoms with Crippen molar-refractivity contribution in [3.63, 3.8) is 0 Å². The maximum atomic E-state index is 13.4. The fraction of sp³-hybridized carbons (Fsp3) is 0.481. The molecule has 2 fully saturated rings. The maximum absolute atomic E-state index is 13.4. The number of hydrogen-bond acceptors (Lipinski definition) is 1. The number of halogens is 1. The molecule has 2 aliphatic carbocycles. The lowest BCUT2D eigenvalue weighted by molar-refractivity contribution is 0.187. The Labute approximate surface area is 174 Å². The molecule has 29 heavy (non-hydrogen) atoms. The molecule has 0 heterocycles. The third-order valence-electron chi connectivity index (χ3n) is 7.40. The van der Waals surface area contributed by atoms with Gasteiger partial charge in [-0.15, -0.1) is 6.42 Å². The average Bonchev–Trinajstić information content (AvgIpc) is 3.12. The minimum Gasteiger partial charge on any atom is -0.328 e. The molecule has 2 aromatic carbocycles. The number of nitrogens with two attached hydrogens (primary N) is 1. The summed E-state index contributed by atoms with van der Waals surface area (Å²) in [7, 11) is 0. The lowest BCUT2D eigenvalue weighted by Crippen LogP contribution is -2.33. The van der Waals surface area contributed by atoms with Crippen LogP contribution in [0.1, 0.15) is 66.7 Å². The molecule has 2 aromatic rings. The fourth-order valence-corrected chi connectivity index (χ4v) is 5.95. The Morgan fingerprint density at radius 1 is 1.07 bits per heavy atom. The van der Waals surface area contributed by atoms with Crippen molar-refractivity contribution in [2.75, 3.05) is 0 Å². The Balaban J connectivity index is 1.56. The molecular formula is C27H32FN. The number of hydrogen-bond donors (Lipinski definition) is 1. The van der Waals surface area contributed by atoms with Gasteiger partial charge < -0.3 is 5.73 Å². The van der Waals surface area contributed by atoms with Crippen molar-refractivity contribution in [2.24, 2.45) is 23.5 Å². The second-order valence-electron chi connectivity index (χ2n) is 9.33. The van der Waals surface area contributed by atoms with Crippen LogP contribution in [0.25, 0.3) is 0 Å². The minimum absolute atomic E-state index is 0.151. The molecule has 2 heteroatoms. The summed E-state index contributed by atoms with van der Waals surface area (Å²) in [6.07, 6.45) is 14.0. The summed E-state index contributed by atoms with van der Waals surface area (Å²) in [6.45, 7) is 2.10. The predicted octanol–water partition coefficient (Wildman–Crippen LogP) is 5.99. The lowest BCUT2D eigenvalue weighted by atomic mass is 9.72. The van der Waals surface area contributed by atoms with E-state index in [1.165, 1.54) is 48.8 Å². The van der Waals surface area contributed by atoms with E-state index in [2.05, 4.69) is 31.0 Å². The monoisotopic (exact) mass is 389 g/mol. The van der Waals surface area contributed by atoms with Gasteiger partial charge in [-0.1, -0.05) is 43.0 Å². The first-order valence-electron chi connectivity index (χ1n) is 11.1. The van der Waals surface area contributed by atoms with Crippen LogP contribution in [0.2, 0.25) is 0 Å². The molecule has 0 bridgehead atoms. The van der Waals surface area contributed by atoms with E-state index < -0.39 is 0 Å². The highest BCUT2D eigenvalue weighted by Gasteiger charge is 2.40. The van der Waals surface area contributed by atoms with Gasteiger partial charge in [0.2, 0.25) is 0 Å². The van der Waals surface area contributed by atoms with Gasteiger partial charge >= 0.3 is 0 Å². The van der Waals surface area contributed by atoms with Crippen LogP contribution in [0, 0.1) is 42.8 Å². The SMILES string of the molecule is C#Cc1ccc(CC2CC(c3ccc(F)cc3)CC2C2CCCC(N)C2)cc1C. The first-order chi connectivity index (χ1) is 14.0. The van der Waals surface area contributed by atoms with Crippen LogP contribution in [0.3, 0.4) is 0 Å². The molecule has 152 valence electrons. The molecular weight excluding hydrogens is 357 g/mol. The molecule has 0 aliphatic heterocycles. The Morgan fingerprint density at radius 3 is 2.55 bits per heavy atom. The van der Waals surface area contributed by atoms with Crippen LogP contribution in [0.4, 0.5) is 4.39 Å². The van der Waals surface area contributed by atoms with Crippen molar-refractivity contribution in [1.29, 1.82) is 0 Å². The molecule has 0 radical (unpaired) electrons. The molecule has 0 spiro atoms. The number of rotatable bonds is 4. The topological polar surface area (TPSA) is 26.0 Å². The minimum atomic E-state index is -0.151. The van der Waals surface area contributed by atoms with Gasteiger partial charge in [0, 0.05) is 11.6 Å². The van der Waals surface area contributed by atoms with Crippen molar-refractivity contribution < 1.29 is 4.39 Å². The Hall–Kier alpha value is -2.11. The highest BCUT2D eigenvalue weighted by Crippen LogP contribution is 2.50. The zero-order valence-electron chi connectivity index (χ0n) is 17.4. The van der Waals surface area contributed by atoms with Gasteiger partial charge in [0.1, 0.15) is 5.82 Å². The lowest BCUT2D eigenvalue weighted by Gasteiger charge is -2.34. The largest absolute Gasteiger partial charge is 0.328 e. The summed E-state index contributed by atoms with van der Waals surface area (Å²) in [5, 5.41) is 0. The molecule has 4 rings (SSSR count). The highest BCUT2D eigenvalue weighted by atomic mass is 19.1. The zero-order valence-corrected chi connectivity index (χ0v) is 17.4. The van der Waals surface area contributed by atoms with E-state index in [1.807, 2.05) is 12.1 Å². The molecule has 2 aliphatic rings. The summed E-state index contributed by atoms with van der Waals surface area (Å²) in [6, 6.07) is 14.1. The number of benzene rings is 2. The van der Waals surface area contributed by atoms with Crippen LogP contribution in [-0.2, 0) is 6.42 Å². The third-order valence-corrected chi connectivity index (χ3v) is 7.40. The van der Waals surface area contributed by atoms with Crippen molar-refractivity contribution in [1.82, 2.24) is 0 Å². The molecule has 5 atom stereocenters. The second-order valence-corrected chi connectivity index (χ2v) is 9.33. The van der Waals surface area contributed by atoms with Crippen molar-refractivity contribution in [3.8, 4) is 12.3 Å². The summed E-state index contributed by atoms with van der Waals surface area (Å²) in [4.78, 5) is 0. The molecule has 2 N–H and O–H groups in total. The summed E-state index contributed by atoms with van der Waals surface area (Å²) in [5.41, 5.74) is 11.2. The van der Waals surface area contributed by atoms with E-state index in [0.717, 1.165) is 24.3 Å². The third kappa shape index (κ3) is 4.57. The van der Waals surface area contributed by atoms with Gasteiger partial charge in [-0.05, 0) is 97.6 Å². The quantitative estimate of drug-likeness (QED) is 0.639. The fourth-order valence-electron chi connectivity index (χ4n) is 5.95. The van der Waals surface area contributed by atoms with Gasteiger partial charge in [-0.3, -0.25) is 0 Å². The molecule has 1 nitrogen and oxygen atoms in total. The van der Waals surface area contributed by atoms with Crippen molar-refractivity contribution in [2.45, 2.75) is 63.8 Å². The van der Waals surface area contributed by atoms with E-state index >= 15 is 0 Å². The van der Waals surface area contributed by atoms with Gasteiger partial charge in [0.05, 0.1) is 0 Å². The summed E-state index contributed by atoms with van der Waals surface area (Å²) >= 11 is 0. The molecule has 5 unspecified atom stereocenters. The predicted molar refractivity (Wildman–Crippen MR) is 118 cm³/mol. The van der Waals surface area contributed by atoms with Crippen LogP contribution in [-0.4, -0.2) is 6.04 Å². The van der Waals surface area contributed by atoms with Gasteiger partial charge in [0.25, 0.3) is 0 Å². The Bertz CT molecular complexity index is 878. The van der Waals surface area contributed by atoms with Gasteiger partial charge in [-0.2, -0.15) is 0 Å². The van der Waals surface area contributed by atoms with Crippen LogP contribution in [0.15, 0.2) is 42.5 Å². The number of terminal acetylenes is 1. The molecule has 0 saturated heterocycles.